The summed E-state index contributed by atoms with van der Waals surface area (Å²) >= 11 is 0. The second-order valence-electron chi connectivity index (χ2n) is 5.14. The van der Waals surface area contributed by atoms with E-state index in [1.54, 1.807) is 12.1 Å². The minimum atomic E-state index is -0.181. The number of phenolic OH excluding ortho intramolecular Hbond substituents is 1. The Morgan fingerprint density at radius 3 is 2.87 bits per heavy atom. The number of amides is 1. The summed E-state index contributed by atoms with van der Waals surface area (Å²) in [6, 6.07) is 4.86. The number of benzene rings is 1. The third-order valence-corrected chi connectivity index (χ3v) is 3.49. The van der Waals surface area contributed by atoms with Gasteiger partial charge in [0, 0.05) is 12.1 Å². The highest BCUT2D eigenvalue weighted by atomic mass is 16.5. The number of phenols is 1. The fourth-order valence-corrected chi connectivity index (χ4v) is 2.20. The molecule has 0 saturated heterocycles. The molecule has 0 radical (unpaired) electrons. The van der Waals surface area contributed by atoms with Crippen LogP contribution in [-0.2, 0) is 11.2 Å². The number of aromatic amines is 1. The summed E-state index contributed by atoms with van der Waals surface area (Å²) < 4.78 is 4.96. The van der Waals surface area contributed by atoms with Crippen molar-refractivity contribution in [2.24, 2.45) is 5.10 Å². The minimum Gasteiger partial charge on any atom is -0.504 e. The fourth-order valence-electron chi connectivity index (χ4n) is 2.20. The highest BCUT2D eigenvalue weighted by molar-refractivity contribution is 5.83. The van der Waals surface area contributed by atoms with Crippen molar-refractivity contribution in [1.29, 1.82) is 0 Å². The zero-order valence-electron chi connectivity index (χ0n) is 13.4. The summed E-state index contributed by atoms with van der Waals surface area (Å²) in [5, 5.41) is 20.5. The molecule has 7 nitrogen and oxygen atoms in total. The summed E-state index contributed by atoms with van der Waals surface area (Å²) in [5.74, 6) is 0.227. The number of aromatic hydroxyl groups is 1. The lowest BCUT2D eigenvalue weighted by molar-refractivity contribution is -0.121. The van der Waals surface area contributed by atoms with E-state index in [4.69, 9.17) is 4.74 Å². The monoisotopic (exact) mass is 316 g/mol. The molecule has 2 aromatic rings. The molecule has 3 N–H and O–H groups in total. The van der Waals surface area contributed by atoms with Crippen LogP contribution < -0.4 is 10.2 Å². The molecule has 7 heteroatoms. The maximum absolute atomic E-state index is 11.8. The van der Waals surface area contributed by atoms with Gasteiger partial charge in [-0.3, -0.25) is 9.89 Å². The predicted octanol–water partition coefficient (Wildman–Crippen LogP) is 1.82. The number of nitrogens with one attached hydrogen (secondary N) is 2. The molecule has 0 aliphatic heterocycles. The zero-order valence-corrected chi connectivity index (χ0v) is 13.4. The summed E-state index contributed by atoms with van der Waals surface area (Å²) in [7, 11) is 1.48. The first-order valence-corrected chi connectivity index (χ1v) is 7.20. The maximum atomic E-state index is 11.8. The second kappa shape index (κ2) is 7.44. The molecule has 122 valence electrons. The Kier molecular flexibility index (Phi) is 5.35. The van der Waals surface area contributed by atoms with Gasteiger partial charge in [-0.2, -0.15) is 10.2 Å². The smallest absolute Gasteiger partial charge is 0.240 e. The molecule has 0 unspecified atom stereocenters. The molecule has 0 aliphatic carbocycles. The first-order valence-electron chi connectivity index (χ1n) is 7.20. The van der Waals surface area contributed by atoms with Crippen molar-refractivity contribution in [1.82, 2.24) is 15.6 Å². The van der Waals surface area contributed by atoms with Crippen LogP contribution in [0.4, 0.5) is 0 Å². The predicted molar refractivity (Wildman–Crippen MR) is 86.8 cm³/mol. The summed E-state index contributed by atoms with van der Waals surface area (Å²) in [5.41, 5.74) is 6.07. The van der Waals surface area contributed by atoms with E-state index >= 15 is 0 Å². The first kappa shape index (κ1) is 16.5. The van der Waals surface area contributed by atoms with Crippen LogP contribution in [0.5, 0.6) is 11.5 Å². The number of rotatable bonds is 6. The van der Waals surface area contributed by atoms with Crippen LogP contribution in [-0.4, -0.2) is 34.5 Å². The number of hydrazone groups is 1. The normalized spacial score (nSPS) is 10.9. The van der Waals surface area contributed by atoms with E-state index in [2.05, 4.69) is 20.7 Å². The third-order valence-electron chi connectivity index (χ3n) is 3.49. The molecule has 0 fully saturated rings. The molecule has 0 bridgehead atoms. The lowest BCUT2D eigenvalue weighted by Crippen LogP contribution is -2.18. The first-order chi connectivity index (χ1) is 11.0. The molecule has 1 aromatic heterocycles. The van der Waals surface area contributed by atoms with Crippen LogP contribution in [0, 0.1) is 13.8 Å². The van der Waals surface area contributed by atoms with E-state index in [1.807, 2.05) is 13.8 Å². The number of carbonyl (C=O) groups is 1. The van der Waals surface area contributed by atoms with Gasteiger partial charge in [0.25, 0.3) is 0 Å². The molecule has 23 heavy (non-hydrogen) atoms. The van der Waals surface area contributed by atoms with E-state index in [0.717, 1.165) is 17.0 Å². The van der Waals surface area contributed by atoms with Crippen LogP contribution in [0.25, 0.3) is 0 Å². The minimum absolute atomic E-state index is 0.0219. The number of carbonyl (C=O) groups excluding carboxylic acids is 1. The number of ether oxygens (including phenoxy) is 1. The van der Waals surface area contributed by atoms with Crippen LogP contribution in [0.2, 0.25) is 0 Å². The second-order valence-corrected chi connectivity index (χ2v) is 5.14. The Morgan fingerprint density at radius 1 is 1.48 bits per heavy atom. The van der Waals surface area contributed by atoms with Crippen LogP contribution in [0.3, 0.4) is 0 Å². The summed E-state index contributed by atoms with van der Waals surface area (Å²) in [6.45, 7) is 3.84. The lowest BCUT2D eigenvalue weighted by Gasteiger charge is -2.03. The van der Waals surface area contributed by atoms with Gasteiger partial charge in [-0.15, -0.1) is 0 Å². The van der Waals surface area contributed by atoms with Crippen molar-refractivity contribution in [2.45, 2.75) is 26.7 Å². The molecule has 0 aliphatic rings. The average molecular weight is 316 g/mol. The van der Waals surface area contributed by atoms with Gasteiger partial charge < -0.3 is 9.84 Å². The zero-order chi connectivity index (χ0) is 16.8. The Hall–Kier alpha value is -2.83. The Morgan fingerprint density at radius 2 is 2.26 bits per heavy atom. The molecule has 0 spiro atoms. The van der Waals surface area contributed by atoms with Crippen molar-refractivity contribution >= 4 is 12.1 Å². The van der Waals surface area contributed by atoms with Crippen molar-refractivity contribution in [3.8, 4) is 11.5 Å². The van der Waals surface area contributed by atoms with Gasteiger partial charge in [-0.05, 0) is 49.6 Å². The van der Waals surface area contributed by atoms with Gasteiger partial charge in [-0.1, -0.05) is 0 Å². The molecule has 1 heterocycles. The number of H-pyrrole nitrogens is 1. The van der Waals surface area contributed by atoms with Gasteiger partial charge >= 0.3 is 0 Å². The van der Waals surface area contributed by atoms with Gasteiger partial charge in [0.05, 0.1) is 19.0 Å². The number of hydrogen-bond acceptors (Lipinski definition) is 5. The number of methoxy groups -OCH3 is 1. The lowest BCUT2D eigenvalue weighted by atomic mass is 10.1. The van der Waals surface area contributed by atoms with Crippen molar-refractivity contribution < 1.29 is 14.6 Å². The molecular weight excluding hydrogens is 296 g/mol. The molecule has 0 atom stereocenters. The fraction of sp³-hybridized carbons (Fsp3) is 0.312. The molecule has 2 rings (SSSR count). The Bertz CT molecular complexity index is 703. The van der Waals surface area contributed by atoms with Crippen molar-refractivity contribution in [3.63, 3.8) is 0 Å². The molecule has 1 amide bonds. The largest absolute Gasteiger partial charge is 0.504 e. The van der Waals surface area contributed by atoms with E-state index < -0.39 is 0 Å². The molecule has 1 aromatic carbocycles. The van der Waals surface area contributed by atoms with Gasteiger partial charge in [0.2, 0.25) is 5.91 Å². The number of hydrogen-bond donors (Lipinski definition) is 3. The highest BCUT2D eigenvalue weighted by Gasteiger charge is 2.08. The van der Waals surface area contributed by atoms with E-state index in [-0.39, 0.29) is 11.7 Å². The van der Waals surface area contributed by atoms with Gasteiger partial charge in [-0.25, -0.2) is 5.43 Å². The quantitative estimate of drug-likeness (QED) is 0.559. The maximum Gasteiger partial charge on any atom is 0.240 e. The van der Waals surface area contributed by atoms with Crippen molar-refractivity contribution in [3.05, 3.63) is 40.7 Å². The number of aromatic nitrogens is 2. The molecular formula is C16H20N4O3. The summed E-state index contributed by atoms with van der Waals surface area (Å²) in [6.07, 6.45) is 2.40. The van der Waals surface area contributed by atoms with Crippen LogP contribution >= 0.6 is 0 Å². The van der Waals surface area contributed by atoms with Crippen LogP contribution in [0.15, 0.2) is 23.3 Å². The topological polar surface area (TPSA) is 99.6 Å². The van der Waals surface area contributed by atoms with Crippen LogP contribution in [0.1, 0.15) is 28.9 Å². The third kappa shape index (κ3) is 4.32. The van der Waals surface area contributed by atoms with E-state index in [1.165, 1.54) is 19.4 Å². The molecule has 0 saturated carbocycles. The van der Waals surface area contributed by atoms with Gasteiger partial charge in [0.1, 0.15) is 0 Å². The van der Waals surface area contributed by atoms with Gasteiger partial charge in [0.15, 0.2) is 11.5 Å². The Labute approximate surface area is 134 Å². The standard InChI is InChI=1S/C16H20N4O3/c1-10-13(11(2)19-18-10)5-7-16(22)20-17-9-12-4-6-15(23-3)14(21)8-12/h4,6,8-9,21H,5,7H2,1-3H3,(H,18,19)(H,20,22)/b17-9-. The average Bonchev–Trinajstić information content (AvgIpc) is 2.84. The highest BCUT2D eigenvalue weighted by Crippen LogP contribution is 2.25. The number of aryl methyl sites for hydroxylation is 2. The SMILES string of the molecule is COc1ccc(/C=N\NC(=O)CCc2c(C)n[nH]c2C)cc1O. The number of nitrogens with zero attached hydrogens (tertiary/aromatic N) is 2. The van der Waals surface area contributed by atoms with E-state index in [0.29, 0.717) is 24.2 Å². The Balaban J connectivity index is 1.85. The van der Waals surface area contributed by atoms with Crippen molar-refractivity contribution in [2.75, 3.05) is 7.11 Å². The summed E-state index contributed by atoms with van der Waals surface area (Å²) in [4.78, 5) is 11.8. The van der Waals surface area contributed by atoms with E-state index in [9.17, 15) is 9.90 Å².